The van der Waals surface area contributed by atoms with Gasteiger partial charge in [-0.05, 0) is 38.3 Å². The predicted molar refractivity (Wildman–Crippen MR) is 107 cm³/mol. The Kier molecular flexibility index (Phi) is 14.4. The van der Waals surface area contributed by atoms with Crippen molar-refractivity contribution in [2.45, 2.75) is 25.7 Å². The van der Waals surface area contributed by atoms with Crippen LogP contribution in [0.4, 0.5) is 15.8 Å². The van der Waals surface area contributed by atoms with Gasteiger partial charge in [-0.15, -0.1) is 0 Å². The molecule has 0 radical (unpaired) electrons. The molecule has 0 bridgehead atoms. The molecule has 2 rings (SSSR count). The van der Waals surface area contributed by atoms with Gasteiger partial charge in [-0.25, -0.2) is 0 Å². The Morgan fingerprint density at radius 3 is 1.76 bits per heavy atom. The third kappa shape index (κ3) is 11.5. The zero-order valence-corrected chi connectivity index (χ0v) is 15.9. The summed E-state index contributed by atoms with van der Waals surface area (Å²) in [7, 11) is 0. The molecule has 4 N–H and O–H groups in total. The van der Waals surface area contributed by atoms with Crippen molar-refractivity contribution in [1.29, 1.82) is 0 Å². The quantitative estimate of drug-likeness (QED) is 0.343. The Morgan fingerprint density at radius 2 is 1.34 bits per heavy atom. The first-order chi connectivity index (χ1) is 13.9. The highest BCUT2D eigenvalue weighted by Crippen LogP contribution is 2.19. The SMILES string of the molecule is NCCCO.O=[N+]([O-])c1ccccc1CCCCO.O=[N+]([O-])c1ccccc1F. The lowest BCUT2D eigenvalue weighted by Crippen LogP contribution is -1.99. The minimum absolute atomic E-state index is 0.140. The number of halogens is 1. The summed E-state index contributed by atoms with van der Waals surface area (Å²) in [4.78, 5) is 19.5. The van der Waals surface area contributed by atoms with Gasteiger partial charge in [0.15, 0.2) is 0 Å². The molecular formula is C19H26FN3O6. The first kappa shape index (κ1) is 26.1. The molecule has 29 heavy (non-hydrogen) atoms. The summed E-state index contributed by atoms with van der Waals surface area (Å²) in [5, 5.41) is 37.2. The number of benzene rings is 2. The first-order valence-electron chi connectivity index (χ1n) is 8.92. The van der Waals surface area contributed by atoms with E-state index in [2.05, 4.69) is 0 Å². The zero-order chi connectivity index (χ0) is 22.1. The van der Waals surface area contributed by atoms with Crippen LogP contribution in [0.1, 0.15) is 24.8 Å². The molecule has 10 heteroatoms. The lowest BCUT2D eigenvalue weighted by Gasteiger charge is -2.01. The molecule has 160 valence electrons. The topological polar surface area (TPSA) is 153 Å². The van der Waals surface area contributed by atoms with Gasteiger partial charge in [0.1, 0.15) is 0 Å². The van der Waals surface area contributed by atoms with E-state index in [1.165, 1.54) is 18.2 Å². The highest BCUT2D eigenvalue weighted by Gasteiger charge is 2.11. The number of nitrogens with two attached hydrogens (primary N) is 1. The van der Waals surface area contributed by atoms with E-state index in [1.54, 1.807) is 18.2 Å². The monoisotopic (exact) mass is 411 g/mol. The molecule has 0 aromatic heterocycles. The largest absolute Gasteiger partial charge is 0.396 e. The molecule has 0 amide bonds. The average molecular weight is 411 g/mol. The Balaban J connectivity index is 0.000000455. The summed E-state index contributed by atoms with van der Waals surface area (Å²) in [5.41, 5.74) is 5.41. The van der Waals surface area contributed by atoms with Crippen LogP contribution in [0.25, 0.3) is 0 Å². The number of nitrogens with zero attached hydrogens (tertiary/aromatic N) is 2. The average Bonchev–Trinajstić information content (AvgIpc) is 2.70. The van der Waals surface area contributed by atoms with Gasteiger partial charge in [0.25, 0.3) is 5.69 Å². The Labute approximate surface area is 167 Å². The van der Waals surface area contributed by atoms with Crippen molar-refractivity contribution < 1.29 is 24.5 Å². The number of hydrogen-bond acceptors (Lipinski definition) is 7. The van der Waals surface area contributed by atoms with Crippen LogP contribution in [0.2, 0.25) is 0 Å². The molecule has 0 aliphatic heterocycles. The van der Waals surface area contributed by atoms with Crippen molar-refractivity contribution in [3.05, 3.63) is 80.1 Å². The summed E-state index contributed by atoms with van der Waals surface area (Å²) in [5.74, 6) is -0.799. The van der Waals surface area contributed by atoms with E-state index in [0.717, 1.165) is 30.5 Å². The smallest absolute Gasteiger partial charge is 0.304 e. The van der Waals surface area contributed by atoms with Gasteiger partial charge in [-0.3, -0.25) is 20.2 Å². The third-order valence-corrected chi connectivity index (χ3v) is 3.45. The molecule has 0 atom stereocenters. The maximum atomic E-state index is 12.4. The second-order valence-corrected chi connectivity index (χ2v) is 5.64. The van der Waals surface area contributed by atoms with Gasteiger partial charge in [0.2, 0.25) is 5.82 Å². The number of unbranched alkanes of at least 4 members (excludes halogenated alkanes) is 1. The van der Waals surface area contributed by atoms with E-state index < -0.39 is 16.4 Å². The fraction of sp³-hybridized carbons (Fsp3) is 0.368. The maximum absolute atomic E-state index is 12.4. The van der Waals surface area contributed by atoms with Gasteiger partial charge in [-0.1, -0.05) is 30.3 Å². The van der Waals surface area contributed by atoms with Crippen LogP contribution in [0.5, 0.6) is 0 Å². The molecule has 0 spiro atoms. The summed E-state index contributed by atoms with van der Waals surface area (Å²) in [6, 6.07) is 11.7. The van der Waals surface area contributed by atoms with Crippen molar-refractivity contribution in [3.8, 4) is 0 Å². The summed E-state index contributed by atoms with van der Waals surface area (Å²) in [6.07, 6.45) is 2.84. The summed E-state index contributed by atoms with van der Waals surface area (Å²) < 4.78 is 12.4. The number of rotatable bonds is 8. The van der Waals surface area contributed by atoms with Crippen LogP contribution in [0.15, 0.2) is 48.5 Å². The molecule has 0 saturated carbocycles. The van der Waals surface area contributed by atoms with E-state index in [1.807, 2.05) is 0 Å². The van der Waals surface area contributed by atoms with Crippen LogP contribution < -0.4 is 5.73 Å². The standard InChI is InChI=1S/C10H13NO3.C6H4FNO2.C3H9NO/c12-8-4-3-6-9-5-1-2-7-10(9)11(13)14;7-5-3-1-2-4-6(5)8(9)10;4-2-1-3-5/h1-2,5,7,12H,3-4,6,8H2;1-4H;5H,1-4H2. The normalized spacial score (nSPS) is 9.52. The van der Waals surface area contributed by atoms with Crippen molar-refractivity contribution in [2.24, 2.45) is 5.73 Å². The zero-order valence-electron chi connectivity index (χ0n) is 15.9. The second-order valence-electron chi connectivity index (χ2n) is 5.64. The van der Waals surface area contributed by atoms with Crippen molar-refractivity contribution >= 4 is 11.4 Å². The fourth-order valence-corrected chi connectivity index (χ4v) is 2.02. The van der Waals surface area contributed by atoms with Crippen molar-refractivity contribution in [1.82, 2.24) is 0 Å². The summed E-state index contributed by atoms with van der Waals surface area (Å²) in [6.45, 7) is 0.952. The Hall–Kier alpha value is -2.95. The molecule has 0 fully saturated rings. The molecule has 0 unspecified atom stereocenters. The van der Waals surface area contributed by atoms with E-state index >= 15 is 0 Å². The van der Waals surface area contributed by atoms with E-state index in [9.17, 15) is 24.6 Å². The van der Waals surface area contributed by atoms with Crippen LogP contribution in [-0.4, -0.2) is 39.8 Å². The number of para-hydroxylation sites is 2. The van der Waals surface area contributed by atoms with Crippen LogP contribution in [0, 0.1) is 26.0 Å². The van der Waals surface area contributed by atoms with Gasteiger partial charge in [-0.2, -0.15) is 4.39 Å². The second kappa shape index (κ2) is 16.0. The molecule has 0 heterocycles. The van der Waals surface area contributed by atoms with E-state index in [-0.39, 0.29) is 23.8 Å². The lowest BCUT2D eigenvalue weighted by atomic mass is 10.1. The third-order valence-electron chi connectivity index (χ3n) is 3.45. The van der Waals surface area contributed by atoms with E-state index in [4.69, 9.17) is 15.9 Å². The molecule has 2 aromatic rings. The minimum atomic E-state index is -0.799. The van der Waals surface area contributed by atoms with Gasteiger partial charge in [0.05, 0.1) is 9.85 Å². The number of aliphatic hydroxyl groups excluding tert-OH is 2. The number of aryl methyl sites for hydroxylation is 1. The number of nitro benzene ring substituents is 2. The van der Waals surface area contributed by atoms with Gasteiger partial charge in [0, 0.05) is 30.9 Å². The van der Waals surface area contributed by atoms with Gasteiger partial charge < -0.3 is 15.9 Å². The Morgan fingerprint density at radius 1 is 0.828 bits per heavy atom. The molecule has 0 saturated heterocycles. The van der Waals surface area contributed by atoms with Crippen molar-refractivity contribution in [3.63, 3.8) is 0 Å². The number of nitro groups is 2. The Bertz CT molecular complexity index is 743. The number of hydrogen-bond donors (Lipinski definition) is 3. The minimum Gasteiger partial charge on any atom is -0.396 e. The molecule has 0 aliphatic rings. The molecule has 9 nitrogen and oxygen atoms in total. The summed E-state index contributed by atoms with van der Waals surface area (Å²) >= 11 is 0. The molecule has 2 aromatic carbocycles. The van der Waals surface area contributed by atoms with Crippen LogP contribution in [-0.2, 0) is 6.42 Å². The fourth-order valence-electron chi connectivity index (χ4n) is 2.02. The van der Waals surface area contributed by atoms with Crippen molar-refractivity contribution in [2.75, 3.05) is 19.8 Å². The molecular weight excluding hydrogens is 385 g/mol. The number of aliphatic hydroxyl groups is 2. The van der Waals surface area contributed by atoms with Crippen LogP contribution >= 0.6 is 0 Å². The lowest BCUT2D eigenvalue weighted by molar-refractivity contribution is -0.387. The highest BCUT2D eigenvalue weighted by atomic mass is 19.1. The van der Waals surface area contributed by atoms with E-state index in [0.29, 0.717) is 19.4 Å². The van der Waals surface area contributed by atoms with Gasteiger partial charge >= 0.3 is 5.69 Å². The highest BCUT2D eigenvalue weighted by molar-refractivity contribution is 5.39. The van der Waals surface area contributed by atoms with Crippen LogP contribution in [0.3, 0.4) is 0 Å². The maximum Gasteiger partial charge on any atom is 0.304 e. The predicted octanol–water partition coefficient (Wildman–Crippen LogP) is 2.97. The first-order valence-corrected chi connectivity index (χ1v) is 8.92. The molecule has 0 aliphatic carbocycles.